The summed E-state index contributed by atoms with van der Waals surface area (Å²) in [7, 11) is 1.74. The summed E-state index contributed by atoms with van der Waals surface area (Å²) >= 11 is 1.74. The van der Waals surface area contributed by atoms with Crippen molar-refractivity contribution in [3.05, 3.63) is 11.6 Å². The van der Waals surface area contributed by atoms with Crippen LogP contribution in [0.2, 0.25) is 0 Å². The van der Waals surface area contributed by atoms with Gasteiger partial charge in [0.2, 0.25) is 0 Å². The van der Waals surface area contributed by atoms with Crippen molar-refractivity contribution in [3.8, 4) is 0 Å². The van der Waals surface area contributed by atoms with E-state index in [1.165, 1.54) is 18.0 Å². The van der Waals surface area contributed by atoms with Crippen LogP contribution in [0.5, 0.6) is 0 Å². The third kappa shape index (κ3) is 3.94. The van der Waals surface area contributed by atoms with Crippen LogP contribution < -0.4 is 10.2 Å². The fourth-order valence-corrected chi connectivity index (χ4v) is 2.88. The molecule has 0 unspecified atom stereocenters. The highest BCUT2D eigenvalue weighted by molar-refractivity contribution is 7.13. The molecule has 0 aromatic carbocycles. The Labute approximate surface area is 107 Å². The van der Waals surface area contributed by atoms with Gasteiger partial charge in [0, 0.05) is 38.3 Å². The first-order valence-corrected chi connectivity index (χ1v) is 7.12. The van der Waals surface area contributed by atoms with E-state index in [1.54, 1.807) is 18.4 Å². The Morgan fingerprint density at radius 1 is 1.53 bits per heavy atom. The van der Waals surface area contributed by atoms with Gasteiger partial charge >= 0.3 is 0 Å². The fourth-order valence-electron chi connectivity index (χ4n) is 2.18. The molecule has 2 rings (SSSR count). The molecule has 1 aliphatic heterocycles. The lowest BCUT2D eigenvalue weighted by molar-refractivity contribution is 0.197. The van der Waals surface area contributed by atoms with Crippen LogP contribution in [0.25, 0.3) is 0 Å². The van der Waals surface area contributed by atoms with Gasteiger partial charge in [-0.3, -0.25) is 0 Å². The highest BCUT2D eigenvalue weighted by Gasteiger charge is 2.20. The van der Waals surface area contributed by atoms with E-state index in [1.807, 2.05) is 11.6 Å². The quantitative estimate of drug-likeness (QED) is 0.783. The van der Waals surface area contributed by atoms with Crippen LogP contribution in [-0.2, 0) is 4.74 Å². The maximum Gasteiger partial charge on any atom is 0.185 e. The molecule has 1 aliphatic rings. The normalized spacial score (nSPS) is 17.6. The largest absolute Gasteiger partial charge is 0.383 e. The van der Waals surface area contributed by atoms with Crippen LogP contribution in [0.15, 0.2) is 11.6 Å². The van der Waals surface area contributed by atoms with E-state index in [9.17, 15) is 0 Å². The van der Waals surface area contributed by atoms with E-state index in [4.69, 9.17) is 4.74 Å². The summed E-state index contributed by atoms with van der Waals surface area (Å²) in [5.41, 5.74) is 0. The molecule has 5 heteroatoms. The standard InChI is InChI=1S/C12H21N3OS/c1-16-8-4-13-10-11-2-6-15(7-3-11)12-14-5-9-17-12/h5,9,11,13H,2-4,6-8,10H2,1H3. The van der Waals surface area contributed by atoms with Gasteiger partial charge in [-0.25, -0.2) is 4.98 Å². The maximum atomic E-state index is 5.02. The van der Waals surface area contributed by atoms with Gasteiger partial charge in [0.05, 0.1) is 6.61 Å². The molecule has 4 nitrogen and oxygen atoms in total. The first-order chi connectivity index (χ1) is 8.40. The zero-order valence-corrected chi connectivity index (χ0v) is 11.2. The molecule has 1 N–H and O–H groups in total. The number of hydrogen-bond donors (Lipinski definition) is 1. The van der Waals surface area contributed by atoms with Gasteiger partial charge in [0.25, 0.3) is 0 Å². The minimum absolute atomic E-state index is 0.804. The third-order valence-electron chi connectivity index (χ3n) is 3.22. The second-order valence-electron chi connectivity index (χ2n) is 4.44. The summed E-state index contributed by atoms with van der Waals surface area (Å²) in [5, 5.41) is 6.68. The van der Waals surface area contributed by atoms with Crippen molar-refractivity contribution in [2.45, 2.75) is 12.8 Å². The van der Waals surface area contributed by atoms with E-state index in [0.29, 0.717) is 0 Å². The Kier molecular flexibility index (Phi) is 5.22. The number of anilines is 1. The molecule has 17 heavy (non-hydrogen) atoms. The average molecular weight is 255 g/mol. The highest BCUT2D eigenvalue weighted by Crippen LogP contribution is 2.24. The molecule has 0 amide bonds. The number of nitrogens with one attached hydrogen (secondary N) is 1. The number of ether oxygens (including phenoxy) is 1. The summed E-state index contributed by atoms with van der Waals surface area (Å²) < 4.78 is 5.02. The van der Waals surface area contributed by atoms with Crippen molar-refractivity contribution in [3.63, 3.8) is 0 Å². The van der Waals surface area contributed by atoms with Crippen LogP contribution in [0.1, 0.15) is 12.8 Å². The Bertz CT molecular complexity index is 297. The molecule has 2 heterocycles. The van der Waals surface area contributed by atoms with Crippen molar-refractivity contribution >= 4 is 16.5 Å². The molecule has 0 saturated carbocycles. The smallest absolute Gasteiger partial charge is 0.185 e. The minimum Gasteiger partial charge on any atom is -0.383 e. The third-order valence-corrected chi connectivity index (χ3v) is 4.05. The lowest BCUT2D eigenvalue weighted by Crippen LogP contribution is -2.37. The molecule has 0 spiro atoms. The van der Waals surface area contributed by atoms with Crippen molar-refractivity contribution in [1.29, 1.82) is 0 Å². The van der Waals surface area contributed by atoms with Gasteiger partial charge in [-0.1, -0.05) is 0 Å². The number of thiazole rings is 1. The molecule has 1 aromatic rings. The van der Waals surface area contributed by atoms with Crippen LogP contribution >= 0.6 is 11.3 Å². The lowest BCUT2D eigenvalue weighted by atomic mass is 9.97. The molecule has 96 valence electrons. The maximum absolute atomic E-state index is 5.02. The number of aromatic nitrogens is 1. The summed E-state index contributed by atoms with van der Waals surface area (Å²) in [4.78, 5) is 6.76. The second-order valence-corrected chi connectivity index (χ2v) is 5.32. The monoisotopic (exact) mass is 255 g/mol. The van der Waals surface area contributed by atoms with E-state index in [0.717, 1.165) is 38.7 Å². The van der Waals surface area contributed by atoms with E-state index < -0.39 is 0 Å². The fraction of sp³-hybridized carbons (Fsp3) is 0.750. The van der Waals surface area contributed by atoms with Crippen molar-refractivity contribution in [1.82, 2.24) is 10.3 Å². The zero-order chi connectivity index (χ0) is 11.9. The summed E-state index contributed by atoms with van der Waals surface area (Å²) in [6.45, 7) is 5.17. The number of hydrogen-bond acceptors (Lipinski definition) is 5. The molecule has 0 bridgehead atoms. The number of piperidine rings is 1. The first kappa shape index (κ1) is 12.8. The molecule has 0 radical (unpaired) electrons. The zero-order valence-electron chi connectivity index (χ0n) is 10.4. The van der Waals surface area contributed by atoms with Crippen LogP contribution in [0.3, 0.4) is 0 Å². The number of methoxy groups -OCH3 is 1. The van der Waals surface area contributed by atoms with Crippen LogP contribution in [0, 0.1) is 5.92 Å². The minimum atomic E-state index is 0.804. The summed E-state index contributed by atoms with van der Waals surface area (Å²) in [5.74, 6) is 0.808. The Morgan fingerprint density at radius 3 is 3.00 bits per heavy atom. The first-order valence-electron chi connectivity index (χ1n) is 6.24. The van der Waals surface area contributed by atoms with Crippen LogP contribution in [-0.4, -0.2) is 44.9 Å². The molecule has 1 fully saturated rings. The molecule has 0 aliphatic carbocycles. The molecular formula is C12H21N3OS. The summed E-state index contributed by atoms with van der Waals surface area (Å²) in [6, 6.07) is 0. The predicted octanol–water partition coefficient (Wildman–Crippen LogP) is 1.60. The van der Waals surface area contributed by atoms with Crippen molar-refractivity contribution in [2.75, 3.05) is 44.8 Å². The van der Waals surface area contributed by atoms with Crippen molar-refractivity contribution < 1.29 is 4.74 Å². The highest BCUT2D eigenvalue weighted by atomic mass is 32.1. The Hall–Kier alpha value is -0.650. The SMILES string of the molecule is COCCNCC1CCN(c2nccs2)CC1. The Balaban J connectivity index is 1.64. The van der Waals surface area contributed by atoms with E-state index in [-0.39, 0.29) is 0 Å². The lowest BCUT2D eigenvalue weighted by Gasteiger charge is -2.31. The van der Waals surface area contributed by atoms with Gasteiger partial charge in [0.1, 0.15) is 0 Å². The van der Waals surface area contributed by atoms with Gasteiger partial charge in [-0.15, -0.1) is 11.3 Å². The molecule has 1 saturated heterocycles. The molecular weight excluding hydrogens is 234 g/mol. The Morgan fingerprint density at radius 2 is 2.35 bits per heavy atom. The second kappa shape index (κ2) is 6.93. The number of nitrogens with zero attached hydrogens (tertiary/aromatic N) is 2. The molecule has 0 atom stereocenters. The van der Waals surface area contributed by atoms with Crippen LogP contribution in [0.4, 0.5) is 5.13 Å². The van der Waals surface area contributed by atoms with Gasteiger partial charge in [-0.05, 0) is 25.3 Å². The average Bonchev–Trinajstić information content (AvgIpc) is 2.89. The molecule has 1 aromatic heterocycles. The number of rotatable bonds is 6. The predicted molar refractivity (Wildman–Crippen MR) is 71.8 cm³/mol. The topological polar surface area (TPSA) is 37.4 Å². The van der Waals surface area contributed by atoms with Gasteiger partial charge < -0.3 is 15.0 Å². The van der Waals surface area contributed by atoms with Gasteiger partial charge in [0.15, 0.2) is 5.13 Å². The summed E-state index contributed by atoms with van der Waals surface area (Å²) in [6.07, 6.45) is 4.41. The van der Waals surface area contributed by atoms with E-state index >= 15 is 0 Å². The van der Waals surface area contributed by atoms with Crippen molar-refractivity contribution in [2.24, 2.45) is 5.92 Å². The van der Waals surface area contributed by atoms with E-state index in [2.05, 4.69) is 15.2 Å². The van der Waals surface area contributed by atoms with Gasteiger partial charge in [-0.2, -0.15) is 0 Å².